The Hall–Kier alpha value is -2.53. The molecule has 1 N–H and O–H groups in total. The van der Waals surface area contributed by atoms with Crippen LogP contribution in [0.15, 0.2) is 47.1 Å². The van der Waals surface area contributed by atoms with E-state index in [1.165, 1.54) is 6.20 Å². The Morgan fingerprint density at radius 3 is 2.87 bits per heavy atom. The van der Waals surface area contributed by atoms with Crippen LogP contribution in [0.1, 0.15) is 27.4 Å². The zero-order chi connectivity index (χ0) is 16.4. The monoisotopic (exact) mass is 329 g/mol. The Balaban J connectivity index is 1.70. The maximum Gasteiger partial charge on any atom is 0.254 e. The van der Waals surface area contributed by atoms with Crippen LogP contribution in [0.4, 0.5) is 0 Å². The summed E-state index contributed by atoms with van der Waals surface area (Å²) in [5.74, 6) is 1.47. The molecule has 2 heterocycles. The summed E-state index contributed by atoms with van der Waals surface area (Å²) in [5, 5.41) is 7.69. The number of hydrogen-bond acceptors (Lipinski definition) is 3. The van der Waals surface area contributed by atoms with Crippen molar-refractivity contribution in [2.45, 2.75) is 20.4 Å². The minimum absolute atomic E-state index is 0.184. The molecule has 0 radical (unpaired) electrons. The zero-order valence-electron chi connectivity index (χ0n) is 12.8. The molecule has 0 fully saturated rings. The standard InChI is InChI=1S/C17H16ClN3O2/c1-11-6-13(12(2)23-11)8-19-17(22)14-9-20-21(10-14)16-5-3-4-15(18)7-16/h3-7,9-10H,8H2,1-2H3,(H,19,22). The Morgan fingerprint density at radius 1 is 1.35 bits per heavy atom. The third-order valence-electron chi connectivity index (χ3n) is 3.50. The van der Waals surface area contributed by atoms with Gasteiger partial charge in [0.1, 0.15) is 11.5 Å². The van der Waals surface area contributed by atoms with Crippen molar-refractivity contribution >= 4 is 17.5 Å². The third kappa shape index (κ3) is 3.46. The second-order valence-electron chi connectivity index (χ2n) is 5.27. The maximum atomic E-state index is 12.2. The summed E-state index contributed by atoms with van der Waals surface area (Å²) in [5.41, 5.74) is 2.26. The highest BCUT2D eigenvalue weighted by molar-refractivity contribution is 6.30. The predicted octanol–water partition coefficient (Wildman–Crippen LogP) is 3.67. The van der Waals surface area contributed by atoms with Gasteiger partial charge in [0.15, 0.2) is 0 Å². The molecule has 3 aromatic rings. The van der Waals surface area contributed by atoms with Crippen LogP contribution in [0.25, 0.3) is 5.69 Å². The average molecular weight is 330 g/mol. The molecule has 0 bridgehead atoms. The van der Waals surface area contributed by atoms with E-state index in [2.05, 4.69) is 10.4 Å². The normalized spacial score (nSPS) is 10.7. The first-order chi connectivity index (χ1) is 11.0. The van der Waals surface area contributed by atoms with Crippen molar-refractivity contribution in [3.8, 4) is 5.69 Å². The minimum Gasteiger partial charge on any atom is -0.466 e. The average Bonchev–Trinajstić information content (AvgIpc) is 3.12. The summed E-state index contributed by atoms with van der Waals surface area (Å²) in [4.78, 5) is 12.2. The summed E-state index contributed by atoms with van der Waals surface area (Å²) in [6, 6.07) is 9.21. The van der Waals surface area contributed by atoms with Crippen LogP contribution in [0.3, 0.4) is 0 Å². The van der Waals surface area contributed by atoms with Gasteiger partial charge in [0.05, 0.1) is 17.4 Å². The lowest BCUT2D eigenvalue weighted by Crippen LogP contribution is -2.22. The Kier molecular flexibility index (Phi) is 4.21. The molecule has 0 spiro atoms. The van der Waals surface area contributed by atoms with Crippen molar-refractivity contribution in [2.24, 2.45) is 0 Å². The summed E-state index contributed by atoms with van der Waals surface area (Å²) in [6.07, 6.45) is 3.21. The van der Waals surface area contributed by atoms with Crippen LogP contribution in [-0.4, -0.2) is 15.7 Å². The van der Waals surface area contributed by atoms with Gasteiger partial charge in [-0.25, -0.2) is 4.68 Å². The molecule has 0 aliphatic carbocycles. The molecular weight excluding hydrogens is 314 g/mol. The highest BCUT2D eigenvalue weighted by atomic mass is 35.5. The fourth-order valence-corrected chi connectivity index (χ4v) is 2.52. The molecule has 6 heteroatoms. The van der Waals surface area contributed by atoms with Crippen LogP contribution in [-0.2, 0) is 6.54 Å². The minimum atomic E-state index is -0.184. The van der Waals surface area contributed by atoms with Gasteiger partial charge in [-0.05, 0) is 38.1 Å². The highest BCUT2D eigenvalue weighted by Crippen LogP contribution is 2.15. The topological polar surface area (TPSA) is 60.1 Å². The Labute approximate surface area is 138 Å². The molecule has 2 aromatic heterocycles. The van der Waals surface area contributed by atoms with Gasteiger partial charge >= 0.3 is 0 Å². The van der Waals surface area contributed by atoms with E-state index in [1.54, 1.807) is 23.0 Å². The molecule has 1 amide bonds. The number of aromatic nitrogens is 2. The summed E-state index contributed by atoms with van der Waals surface area (Å²) < 4.78 is 7.06. The van der Waals surface area contributed by atoms with E-state index in [9.17, 15) is 4.79 Å². The number of nitrogens with one attached hydrogen (secondary N) is 1. The number of carbonyl (C=O) groups is 1. The maximum absolute atomic E-state index is 12.2. The molecule has 0 aliphatic heterocycles. The van der Waals surface area contributed by atoms with Crippen LogP contribution < -0.4 is 5.32 Å². The van der Waals surface area contributed by atoms with Crippen molar-refractivity contribution in [1.29, 1.82) is 0 Å². The number of hydrogen-bond donors (Lipinski definition) is 1. The molecule has 0 atom stereocenters. The smallest absolute Gasteiger partial charge is 0.254 e. The Morgan fingerprint density at radius 2 is 2.17 bits per heavy atom. The van der Waals surface area contributed by atoms with Crippen LogP contribution in [0.5, 0.6) is 0 Å². The number of carbonyl (C=O) groups excluding carboxylic acids is 1. The number of nitrogens with zero attached hydrogens (tertiary/aromatic N) is 2. The van der Waals surface area contributed by atoms with Gasteiger partial charge in [-0.2, -0.15) is 5.10 Å². The fraction of sp³-hybridized carbons (Fsp3) is 0.176. The van der Waals surface area contributed by atoms with Gasteiger partial charge in [-0.1, -0.05) is 17.7 Å². The third-order valence-corrected chi connectivity index (χ3v) is 3.74. The SMILES string of the molecule is Cc1cc(CNC(=O)c2cnn(-c3cccc(Cl)c3)c2)c(C)o1. The molecule has 118 valence electrons. The highest BCUT2D eigenvalue weighted by Gasteiger charge is 2.11. The van der Waals surface area contributed by atoms with E-state index in [0.717, 1.165) is 22.8 Å². The number of benzene rings is 1. The first-order valence-electron chi connectivity index (χ1n) is 7.17. The van der Waals surface area contributed by atoms with Crippen molar-refractivity contribution in [1.82, 2.24) is 15.1 Å². The van der Waals surface area contributed by atoms with E-state index < -0.39 is 0 Å². The van der Waals surface area contributed by atoms with E-state index in [4.69, 9.17) is 16.0 Å². The van der Waals surface area contributed by atoms with Crippen LogP contribution in [0.2, 0.25) is 5.02 Å². The molecule has 3 rings (SSSR count). The Bertz CT molecular complexity index is 851. The van der Waals surface area contributed by atoms with E-state index in [1.807, 2.05) is 32.0 Å². The predicted molar refractivity (Wildman–Crippen MR) is 87.9 cm³/mol. The number of rotatable bonds is 4. The second kappa shape index (κ2) is 6.30. The number of aryl methyl sites for hydroxylation is 2. The summed E-state index contributed by atoms with van der Waals surface area (Å²) >= 11 is 5.97. The number of furan rings is 1. The van der Waals surface area contributed by atoms with Crippen molar-refractivity contribution < 1.29 is 9.21 Å². The molecule has 0 saturated carbocycles. The van der Waals surface area contributed by atoms with Gasteiger partial charge in [0, 0.05) is 23.3 Å². The molecule has 23 heavy (non-hydrogen) atoms. The fourth-order valence-electron chi connectivity index (χ4n) is 2.34. The zero-order valence-corrected chi connectivity index (χ0v) is 13.6. The molecule has 5 nitrogen and oxygen atoms in total. The molecular formula is C17H16ClN3O2. The van der Waals surface area contributed by atoms with Gasteiger partial charge in [0.2, 0.25) is 0 Å². The summed E-state index contributed by atoms with van der Waals surface area (Å²) in [7, 11) is 0. The lowest BCUT2D eigenvalue weighted by molar-refractivity contribution is 0.0951. The van der Waals surface area contributed by atoms with Gasteiger partial charge in [-0.3, -0.25) is 4.79 Å². The first-order valence-corrected chi connectivity index (χ1v) is 7.55. The molecule has 1 aromatic carbocycles. The van der Waals surface area contributed by atoms with Gasteiger partial charge in [0.25, 0.3) is 5.91 Å². The quantitative estimate of drug-likeness (QED) is 0.794. The first kappa shape index (κ1) is 15.4. The lowest BCUT2D eigenvalue weighted by atomic mass is 10.2. The summed E-state index contributed by atoms with van der Waals surface area (Å²) in [6.45, 7) is 4.18. The van der Waals surface area contributed by atoms with Crippen molar-refractivity contribution in [3.63, 3.8) is 0 Å². The number of amides is 1. The second-order valence-corrected chi connectivity index (χ2v) is 5.71. The van der Waals surface area contributed by atoms with Gasteiger partial charge in [-0.15, -0.1) is 0 Å². The van der Waals surface area contributed by atoms with Crippen LogP contribution in [0, 0.1) is 13.8 Å². The number of halogens is 1. The van der Waals surface area contributed by atoms with Crippen LogP contribution >= 0.6 is 11.6 Å². The largest absolute Gasteiger partial charge is 0.466 e. The van der Waals surface area contributed by atoms with E-state index >= 15 is 0 Å². The lowest BCUT2D eigenvalue weighted by Gasteiger charge is -2.02. The van der Waals surface area contributed by atoms with Crippen molar-refractivity contribution in [3.05, 3.63) is 70.4 Å². The molecule has 0 unspecified atom stereocenters. The van der Waals surface area contributed by atoms with E-state index in [0.29, 0.717) is 17.1 Å². The van der Waals surface area contributed by atoms with Crippen molar-refractivity contribution in [2.75, 3.05) is 0 Å². The molecule has 0 saturated heterocycles. The molecule has 0 aliphatic rings. The van der Waals surface area contributed by atoms with Gasteiger partial charge < -0.3 is 9.73 Å². The van der Waals surface area contributed by atoms with E-state index in [-0.39, 0.29) is 5.91 Å².